The van der Waals surface area contributed by atoms with Crippen LogP contribution in [0.2, 0.25) is 0 Å². The monoisotopic (exact) mass is 243 g/mol. The number of fused-ring (bicyclic) bond motifs is 1. The van der Waals surface area contributed by atoms with Gasteiger partial charge < -0.3 is 5.32 Å². The van der Waals surface area contributed by atoms with Gasteiger partial charge in [-0.25, -0.2) is 9.50 Å². The van der Waals surface area contributed by atoms with Crippen molar-refractivity contribution in [3.8, 4) is 0 Å². The number of hydrogen-bond acceptors (Lipinski definition) is 5. The zero-order chi connectivity index (χ0) is 12.2. The molecule has 3 aromatic rings. The molecule has 0 radical (unpaired) electrons. The Bertz CT molecular complexity index is 613. The van der Waals surface area contributed by atoms with Gasteiger partial charge in [-0.15, -0.1) is 5.10 Å². The van der Waals surface area contributed by atoms with Crippen molar-refractivity contribution in [3.63, 3.8) is 0 Å². The lowest BCUT2D eigenvalue weighted by Crippen LogP contribution is -2.08. The van der Waals surface area contributed by atoms with Crippen LogP contribution in [0.15, 0.2) is 36.9 Å². The number of aryl methyl sites for hydroxylation is 1. The van der Waals surface area contributed by atoms with Gasteiger partial charge in [0.05, 0.1) is 12.4 Å². The largest absolute Gasteiger partial charge is 0.370 e. The second-order valence-electron chi connectivity index (χ2n) is 3.89. The molecule has 3 heterocycles. The first-order valence-electron chi connectivity index (χ1n) is 5.80. The van der Waals surface area contributed by atoms with E-state index in [1.807, 2.05) is 29.2 Å². The third-order valence-corrected chi connectivity index (χ3v) is 2.60. The van der Waals surface area contributed by atoms with Crippen LogP contribution in [-0.2, 0) is 6.54 Å². The highest BCUT2D eigenvalue weighted by molar-refractivity contribution is 5.45. The normalized spacial score (nSPS) is 10.9. The molecule has 0 aliphatic rings. The van der Waals surface area contributed by atoms with Gasteiger partial charge in [-0.2, -0.15) is 5.10 Å². The predicted molar refractivity (Wildman–Crippen MR) is 66.1 cm³/mol. The summed E-state index contributed by atoms with van der Waals surface area (Å²) in [4.78, 5) is 4.42. The third-order valence-electron chi connectivity index (χ3n) is 2.60. The molecule has 0 fully saturated rings. The van der Waals surface area contributed by atoms with Gasteiger partial charge in [0, 0.05) is 31.5 Å². The van der Waals surface area contributed by atoms with Crippen LogP contribution in [0.5, 0.6) is 0 Å². The fourth-order valence-corrected chi connectivity index (χ4v) is 1.72. The number of nitrogens with one attached hydrogen (secondary N) is 1. The molecule has 7 nitrogen and oxygen atoms in total. The summed E-state index contributed by atoms with van der Waals surface area (Å²) in [5, 5.41) is 15.0. The molecule has 7 heteroatoms. The van der Waals surface area contributed by atoms with Gasteiger partial charge >= 0.3 is 0 Å². The topological polar surface area (TPSA) is 72.9 Å². The van der Waals surface area contributed by atoms with Gasteiger partial charge in [-0.3, -0.25) is 4.68 Å². The van der Waals surface area contributed by atoms with Crippen LogP contribution in [0.25, 0.3) is 5.65 Å². The van der Waals surface area contributed by atoms with Crippen LogP contribution >= 0.6 is 0 Å². The number of aromatic nitrogens is 6. The lowest BCUT2D eigenvalue weighted by atomic mass is 10.4. The molecule has 0 aliphatic heterocycles. The lowest BCUT2D eigenvalue weighted by molar-refractivity contribution is 0.569. The summed E-state index contributed by atoms with van der Waals surface area (Å²) in [5.74, 6) is 0.863. The van der Waals surface area contributed by atoms with Gasteiger partial charge in [-0.1, -0.05) is 5.21 Å². The predicted octanol–water partition coefficient (Wildman–Crippen LogP) is 0.823. The third kappa shape index (κ3) is 2.29. The number of anilines is 1. The first kappa shape index (κ1) is 10.7. The fourth-order valence-electron chi connectivity index (χ4n) is 1.72. The van der Waals surface area contributed by atoms with Crippen molar-refractivity contribution in [2.24, 2.45) is 0 Å². The summed E-state index contributed by atoms with van der Waals surface area (Å²) in [5.41, 5.74) is 0.844. The highest BCUT2D eigenvalue weighted by Gasteiger charge is 1.98. The number of rotatable bonds is 5. The molecule has 3 aromatic heterocycles. The van der Waals surface area contributed by atoms with Gasteiger partial charge in [-0.05, 0) is 12.5 Å². The van der Waals surface area contributed by atoms with Crippen LogP contribution in [0.3, 0.4) is 0 Å². The minimum atomic E-state index is 0.844. The lowest BCUT2D eigenvalue weighted by Gasteiger charge is -2.05. The van der Waals surface area contributed by atoms with Crippen molar-refractivity contribution in [2.45, 2.75) is 13.0 Å². The first-order chi connectivity index (χ1) is 8.92. The first-order valence-corrected chi connectivity index (χ1v) is 5.80. The van der Waals surface area contributed by atoms with E-state index in [9.17, 15) is 0 Å². The van der Waals surface area contributed by atoms with Crippen molar-refractivity contribution >= 4 is 11.5 Å². The second kappa shape index (κ2) is 4.82. The molecule has 0 spiro atoms. The summed E-state index contributed by atoms with van der Waals surface area (Å²) in [6.07, 6.45) is 8.13. The van der Waals surface area contributed by atoms with Crippen LogP contribution in [-0.4, -0.2) is 36.1 Å². The van der Waals surface area contributed by atoms with Crippen molar-refractivity contribution in [3.05, 3.63) is 36.9 Å². The Morgan fingerprint density at radius 3 is 3.06 bits per heavy atom. The summed E-state index contributed by atoms with van der Waals surface area (Å²) in [6.45, 7) is 1.69. The van der Waals surface area contributed by atoms with E-state index in [1.54, 1.807) is 16.9 Å². The molecule has 0 saturated carbocycles. The molecule has 0 saturated heterocycles. The molecule has 3 rings (SSSR count). The SMILES string of the molecule is c1cn(CCCNc2ccn3nccc3n2)nn1. The molecule has 0 bridgehead atoms. The Labute approximate surface area is 103 Å². The molecule has 1 N–H and O–H groups in total. The maximum absolute atomic E-state index is 4.42. The molecule has 0 amide bonds. The zero-order valence-corrected chi connectivity index (χ0v) is 9.77. The summed E-state index contributed by atoms with van der Waals surface area (Å²) >= 11 is 0. The van der Waals surface area contributed by atoms with E-state index < -0.39 is 0 Å². The van der Waals surface area contributed by atoms with E-state index in [1.165, 1.54) is 0 Å². The Morgan fingerprint density at radius 1 is 1.17 bits per heavy atom. The standard InChI is InChI=1S/C11H13N7/c1(7-17-9-6-13-16-17)4-12-10-3-8-18-11(15-10)2-5-14-18/h2-3,5-6,8-9H,1,4,7H2,(H,12,15). The van der Waals surface area contributed by atoms with Crippen LogP contribution in [0.4, 0.5) is 5.82 Å². The van der Waals surface area contributed by atoms with Crippen molar-refractivity contribution in [2.75, 3.05) is 11.9 Å². The van der Waals surface area contributed by atoms with E-state index in [-0.39, 0.29) is 0 Å². The Kier molecular flexibility index (Phi) is 2.87. The average Bonchev–Trinajstić information content (AvgIpc) is 3.05. The molecule has 0 unspecified atom stereocenters. The Hall–Kier alpha value is -2.44. The molecule has 92 valence electrons. The summed E-state index contributed by atoms with van der Waals surface area (Å²) in [7, 11) is 0. The van der Waals surface area contributed by atoms with E-state index in [0.29, 0.717) is 0 Å². The van der Waals surface area contributed by atoms with Gasteiger partial charge in [0.2, 0.25) is 0 Å². The zero-order valence-electron chi connectivity index (χ0n) is 9.77. The molecule has 0 aliphatic carbocycles. The average molecular weight is 243 g/mol. The van der Waals surface area contributed by atoms with E-state index in [0.717, 1.165) is 31.0 Å². The Morgan fingerprint density at radius 2 is 2.17 bits per heavy atom. The smallest absolute Gasteiger partial charge is 0.157 e. The van der Waals surface area contributed by atoms with Crippen molar-refractivity contribution < 1.29 is 0 Å². The van der Waals surface area contributed by atoms with Gasteiger partial charge in [0.1, 0.15) is 5.82 Å². The van der Waals surface area contributed by atoms with E-state index in [2.05, 4.69) is 25.7 Å². The molecular formula is C11H13N7. The van der Waals surface area contributed by atoms with Crippen LogP contribution < -0.4 is 5.32 Å². The minimum absolute atomic E-state index is 0.844. The minimum Gasteiger partial charge on any atom is -0.370 e. The van der Waals surface area contributed by atoms with Crippen LogP contribution in [0.1, 0.15) is 6.42 Å². The van der Waals surface area contributed by atoms with Crippen molar-refractivity contribution in [1.29, 1.82) is 0 Å². The van der Waals surface area contributed by atoms with E-state index in [4.69, 9.17) is 0 Å². The maximum atomic E-state index is 4.42. The fraction of sp³-hybridized carbons (Fsp3) is 0.273. The van der Waals surface area contributed by atoms with Gasteiger partial charge in [0.15, 0.2) is 5.65 Å². The molecule has 0 atom stereocenters. The highest BCUT2D eigenvalue weighted by atomic mass is 15.4. The highest BCUT2D eigenvalue weighted by Crippen LogP contribution is 2.05. The summed E-state index contributed by atoms with van der Waals surface area (Å²) in [6, 6.07) is 3.79. The summed E-state index contributed by atoms with van der Waals surface area (Å²) < 4.78 is 3.55. The second-order valence-corrected chi connectivity index (χ2v) is 3.89. The van der Waals surface area contributed by atoms with Crippen LogP contribution in [0, 0.1) is 0 Å². The van der Waals surface area contributed by atoms with Crippen molar-refractivity contribution in [1.82, 2.24) is 29.6 Å². The molecule has 18 heavy (non-hydrogen) atoms. The van der Waals surface area contributed by atoms with Gasteiger partial charge in [0.25, 0.3) is 0 Å². The maximum Gasteiger partial charge on any atom is 0.157 e. The molecule has 0 aromatic carbocycles. The quantitative estimate of drug-likeness (QED) is 0.672. The molecular weight excluding hydrogens is 230 g/mol. The van der Waals surface area contributed by atoms with E-state index >= 15 is 0 Å². The Balaban J connectivity index is 1.53. The number of nitrogens with zero attached hydrogens (tertiary/aromatic N) is 6. The number of hydrogen-bond donors (Lipinski definition) is 1.